The number of hydrogen-bond donors (Lipinski definition) is 3. The molecule has 0 saturated carbocycles. The summed E-state index contributed by atoms with van der Waals surface area (Å²) >= 11 is 0. The van der Waals surface area contributed by atoms with E-state index < -0.39 is 30.6 Å². The molecular formula is C23H27N3O7. The van der Waals surface area contributed by atoms with Crippen LogP contribution in [0, 0.1) is 0 Å². The van der Waals surface area contributed by atoms with Crippen molar-refractivity contribution in [1.82, 2.24) is 10.7 Å². The van der Waals surface area contributed by atoms with Gasteiger partial charge in [-0.1, -0.05) is 30.3 Å². The van der Waals surface area contributed by atoms with E-state index in [4.69, 9.17) is 19.3 Å². The molecule has 0 radical (unpaired) electrons. The zero-order valence-electron chi connectivity index (χ0n) is 18.4. The van der Waals surface area contributed by atoms with Gasteiger partial charge in [-0.05, 0) is 43.2 Å². The van der Waals surface area contributed by atoms with E-state index in [2.05, 4.69) is 15.8 Å². The van der Waals surface area contributed by atoms with Crippen molar-refractivity contribution in [3.05, 3.63) is 59.7 Å². The Labute approximate surface area is 191 Å². The number of amides is 2. The Morgan fingerprint density at radius 2 is 1.79 bits per heavy atom. The van der Waals surface area contributed by atoms with Gasteiger partial charge in [-0.3, -0.25) is 4.79 Å². The Balaban J connectivity index is 2.02. The lowest BCUT2D eigenvalue weighted by molar-refractivity contribution is -0.139. The third-order valence-corrected chi connectivity index (χ3v) is 4.18. The van der Waals surface area contributed by atoms with Crippen LogP contribution in [-0.2, 0) is 14.3 Å². The van der Waals surface area contributed by atoms with Crippen molar-refractivity contribution < 1.29 is 33.7 Å². The van der Waals surface area contributed by atoms with Crippen LogP contribution in [0.25, 0.3) is 0 Å². The normalized spacial score (nSPS) is 11.5. The molecule has 3 N–H and O–H groups in total. The molecular weight excluding hydrogens is 430 g/mol. The monoisotopic (exact) mass is 457 g/mol. The SMILES string of the molecule is CCOC(=O)N[C@@H](CC(=O)N/N=C\c1ccc(OCC(=O)O)c(OCC)c1)c1ccccc1. The van der Waals surface area contributed by atoms with Crippen LogP contribution in [0.5, 0.6) is 11.5 Å². The van der Waals surface area contributed by atoms with Gasteiger partial charge in [0.05, 0.1) is 31.9 Å². The molecule has 10 nitrogen and oxygen atoms in total. The summed E-state index contributed by atoms with van der Waals surface area (Å²) in [5.74, 6) is -0.867. The van der Waals surface area contributed by atoms with E-state index in [1.165, 1.54) is 6.21 Å². The highest BCUT2D eigenvalue weighted by Crippen LogP contribution is 2.28. The fourth-order valence-corrected chi connectivity index (χ4v) is 2.79. The molecule has 0 aliphatic carbocycles. The van der Waals surface area contributed by atoms with Crippen molar-refractivity contribution in [2.24, 2.45) is 5.10 Å². The summed E-state index contributed by atoms with van der Waals surface area (Å²) in [5.41, 5.74) is 3.79. The fraction of sp³-hybridized carbons (Fsp3) is 0.304. The second-order valence-electron chi connectivity index (χ2n) is 6.65. The number of carboxylic acids is 1. The maximum Gasteiger partial charge on any atom is 0.407 e. The predicted octanol–water partition coefficient (Wildman–Crippen LogP) is 2.88. The molecule has 2 aromatic rings. The van der Waals surface area contributed by atoms with Gasteiger partial charge >= 0.3 is 12.1 Å². The van der Waals surface area contributed by atoms with Crippen molar-refractivity contribution in [1.29, 1.82) is 0 Å². The number of carbonyl (C=O) groups is 3. The van der Waals surface area contributed by atoms with Crippen molar-refractivity contribution in [2.45, 2.75) is 26.3 Å². The Kier molecular flexibility index (Phi) is 10.2. The maximum atomic E-state index is 12.4. The first-order valence-corrected chi connectivity index (χ1v) is 10.3. The molecule has 0 fully saturated rings. The van der Waals surface area contributed by atoms with Crippen molar-refractivity contribution in [2.75, 3.05) is 19.8 Å². The fourth-order valence-electron chi connectivity index (χ4n) is 2.79. The highest BCUT2D eigenvalue weighted by Gasteiger charge is 2.18. The minimum Gasteiger partial charge on any atom is -0.490 e. The number of aliphatic carboxylic acids is 1. The highest BCUT2D eigenvalue weighted by atomic mass is 16.5. The van der Waals surface area contributed by atoms with E-state index in [1.54, 1.807) is 44.2 Å². The first kappa shape index (κ1) is 25.2. The average Bonchev–Trinajstić information content (AvgIpc) is 2.79. The van der Waals surface area contributed by atoms with E-state index >= 15 is 0 Å². The Morgan fingerprint density at radius 1 is 1.03 bits per heavy atom. The summed E-state index contributed by atoms with van der Waals surface area (Å²) in [7, 11) is 0. The summed E-state index contributed by atoms with van der Waals surface area (Å²) in [5, 5.41) is 15.4. The summed E-state index contributed by atoms with van der Waals surface area (Å²) in [6, 6.07) is 13.3. The van der Waals surface area contributed by atoms with Gasteiger partial charge in [-0.2, -0.15) is 5.10 Å². The standard InChI is InChI=1S/C23H27N3O7/c1-3-31-20-12-16(10-11-19(20)33-15-22(28)29)14-24-26-21(27)13-18(25-23(30)32-4-2)17-8-6-5-7-9-17/h5-12,14,18H,3-4,13,15H2,1-2H3,(H,25,30)(H,26,27)(H,28,29)/b24-14-/t18-/m0/s1. The second kappa shape index (κ2) is 13.4. The molecule has 0 aliphatic heterocycles. The average molecular weight is 457 g/mol. The van der Waals surface area contributed by atoms with Gasteiger partial charge in [0, 0.05) is 0 Å². The number of hydrogen-bond acceptors (Lipinski definition) is 7. The van der Waals surface area contributed by atoms with Crippen molar-refractivity contribution in [3.8, 4) is 11.5 Å². The van der Waals surface area contributed by atoms with Crippen LogP contribution < -0.4 is 20.2 Å². The molecule has 0 spiro atoms. The number of carbonyl (C=O) groups excluding carboxylic acids is 2. The summed E-state index contributed by atoms with van der Waals surface area (Å²) < 4.78 is 15.6. The van der Waals surface area contributed by atoms with Gasteiger partial charge < -0.3 is 24.6 Å². The van der Waals surface area contributed by atoms with Gasteiger partial charge in [0.1, 0.15) is 0 Å². The minimum absolute atomic E-state index is 0.0493. The van der Waals surface area contributed by atoms with Crippen molar-refractivity contribution in [3.63, 3.8) is 0 Å². The zero-order chi connectivity index (χ0) is 24.1. The number of alkyl carbamates (subject to hydrolysis) is 1. The lowest BCUT2D eigenvalue weighted by Crippen LogP contribution is -2.33. The van der Waals surface area contributed by atoms with E-state index in [0.29, 0.717) is 17.9 Å². The predicted molar refractivity (Wildman–Crippen MR) is 120 cm³/mol. The van der Waals surface area contributed by atoms with Gasteiger partial charge in [0.25, 0.3) is 0 Å². The lowest BCUT2D eigenvalue weighted by Gasteiger charge is -2.18. The molecule has 0 heterocycles. The molecule has 1 atom stereocenters. The lowest BCUT2D eigenvalue weighted by atomic mass is 10.0. The summed E-state index contributed by atoms with van der Waals surface area (Å²) in [6.45, 7) is 3.56. The first-order chi connectivity index (χ1) is 15.9. The molecule has 0 bridgehead atoms. The Hall–Kier alpha value is -4.08. The summed E-state index contributed by atoms with van der Waals surface area (Å²) in [6.07, 6.45) is 0.751. The van der Waals surface area contributed by atoms with E-state index in [9.17, 15) is 14.4 Å². The number of benzene rings is 2. The first-order valence-electron chi connectivity index (χ1n) is 10.3. The minimum atomic E-state index is -1.10. The molecule has 176 valence electrons. The number of nitrogens with zero attached hydrogens (tertiary/aromatic N) is 1. The van der Waals surface area contributed by atoms with Crippen LogP contribution in [0.4, 0.5) is 4.79 Å². The van der Waals surface area contributed by atoms with Crippen LogP contribution in [-0.4, -0.2) is 49.1 Å². The maximum absolute atomic E-state index is 12.4. The third kappa shape index (κ3) is 8.90. The zero-order valence-corrected chi connectivity index (χ0v) is 18.4. The largest absolute Gasteiger partial charge is 0.490 e. The smallest absolute Gasteiger partial charge is 0.407 e. The molecule has 0 unspecified atom stereocenters. The molecule has 2 amide bonds. The number of carboxylic acid groups (broad SMARTS) is 1. The number of rotatable bonds is 12. The highest BCUT2D eigenvalue weighted by molar-refractivity contribution is 5.83. The quantitative estimate of drug-likeness (QED) is 0.329. The molecule has 2 rings (SSSR count). The van der Waals surface area contributed by atoms with Crippen molar-refractivity contribution >= 4 is 24.2 Å². The van der Waals surface area contributed by atoms with Crippen LogP contribution in [0.2, 0.25) is 0 Å². The van der Waals surface area contributed by atoms with E-state index in [-0.39, 0.29) is 18.8 Å². The number of ether oxygens (including phenoxy) is 3. The second-order valence-corrected chi connectivity index (χ2v) is 6.65. The van der Waals surface area contributed by atoms with Crippen LogP contribution in [0.15, 0.2) is 53.6 Å². The number of hydrazone groups is 1. The van der Waals surface area contributed by atoms with Gasteiger partial charge in [0.2, 0.25) is 5.91 Å². The number of nitrogens with one attached hydrogen (secondary N) is 2. The van der Waals surface area contributed by atoms with Gasteiger partial charge in [0.15, 0.2) is 18.1 Å². The van der Waals surface area contributed by atoms with Crippen LogP contribution in [0.3, 0.4) is 0 Å². The van der Waals surface area contributed by atoms with E-state index in [0.717, 1.165) is 5.56 Å². The van der Waals surface area contributed by atoms with Gasteiger partial charge in [-0.25, -0.2) is 15.0 Å². The molecule has 10 heteroatoms. The van der Waals surface area contributed by atoms with Crippen LogP contribution >= 0.6 is 0 Å². The Morgan fingerprint density at radius 3 is 2.45 bits per heavy atom. The van der Waals surface area contributed by atoms with Crippen LogP contribution in [0.1, 0.15) is 37.4 Å². The van der Waals surface area contributed by atoms with E-state index in [1.807, 2.05) is 18.2 Å². The molecule has 2 aromatic carbocycles. The molecule has 0 aromatic heterocycles. The Bertz CT molecular complexity index is 964. The third-order valence-electron chi connectivity index (χ3n) is 4.18. The topological polar surface area (TPSA) is 136 Å². The molecule has 0 aliphatic rings. The van der Waals surface area contributed by atoms with Gasteiger partial charge in [-0.15, -0.1) is 0 Å². The summed E-state index contributed by atoms with van der Waals surface area (Å²) in [4.78, 5) is 35.0. The molecule has 0 saturated heterocycles. The molecule has 33 heavy (non-hydrogen) atoms.